The highest BCUT2D eigenvalue weighted by molar-refractivity contribution is 5.04. The lowest BCUT2D eigenvalue weighted by Crippen LogP contribution is -2.52. The van der Waals surface area contributed by atoms with Crippen LogP contribution in [0.25, 0.3) is 0 Å². The van der Waals surface area contributed by atoms with Gasteiger partial charge < -0.3 is 9.84 Å². The number of allylic oxidation sites excluding steroid dienone is 2. The van der Waals surface area contributed by atoms with Crippen molar-refractivity contribution in [3.8, 4) is 0 Å². The first-order chi connectivity index (χ1) is 7.81. The lowest BCUT2D eigenvalue weighted by atomic mass is 9.82. The van der Waals surface area contributed by atoms with Gasteiger partial charge in [0.1, 0.15) is 0 Å². The average molecular weight is 238 g/mol. The fourth-order valence-electron chi connectivity index (χ4n) is 2.39. The molecule has 0 bridgehead atoms. The van der Waals surface area contributed by atoms with E-state index in [1.165, 1.54) is 5.57 Å². The van der Waals surface area contributed by atoms with Crippen LogP contribution in [0.2, 0.25) is 0 Å². The number of aliphatic hydroxyl groups excluding tert-OH is 1. The average Bonchev–Trinajstić information content (AvgIpc) is 2.24. The Bertz CT molecular complexity index is 304. The van der Waals surface area contributed by atoms with E-state index in [2.05, 4.69) is 26.5 Å². The Kier molecular flexibility index (Phi) is 4.56. The van der Waals surface area contributed by atoms with E-state index in [0.717, 1.165) is 25.7 Å². The summed E-state index contributed by atoms with van der Waals surface area (Å²) >= 11 is 0. The summed E-state index contributed by atoms with van der Waals surface area (Å²) in [5.74, 6) is 0. The highest BCUT2D eigenvalue weighted by atomic mass is 16.5. The van der Waals surface area contributed by atoms with Gasteiger partial charge >= 0.3 is 0 Å². The molecule has 98 valence electrons. The summed E-state index contributed by atoms with van der Waals surface area (Å²) in [6.45, 7) is 12.1. The lowest BCUT2D eigenvalue weighted by Gasteiger charge is -2.47. The Morgan fingerprint density at radius 3 is 2.65 bits per heavy atom. The molecule has 0 spiro atoms. The van der Waals surface area contributed by atoms with Crippen molar-refractivity contribution in [2.75, 3.05) is 0 Å². The van der Waals surface area contributed by atoms with Crippen LogP contribution in [-0.4, -0.2) is 22.4 Å². The molecule has 2 heteroatoms. The molecular formula is C15H26O2. The van der Waals surface area contributed by atoms with Crippen LogP contribution >= 0.6 is 0 Å². The van der Waals surface area contributed by atoms with Crippen LogP contribution in [0.15, 0.2) is 24.3 Å². The van der Waals surface area contributed by atoms with E-state index in [1.807, 2.05) is 19.9 Å². The van der Waals surface area contributed by atoms with Gasteiger partial charge in [-0.05, 0) is 53.4 Å². The quantitative estimate of drug-likeness (QED) is 0.758. The molecule has 1 aliphatic rings. The van der Waals surface area contributed by atoms with Crippen molar-refractivity contribution >= 4 is 0 Å². The molecule has 0 aromatic heterocycles. The molecule has 0 aromatic carbocycles. The van der Waals surface area contributed by atoms with E-state index >= 15 is 0 Å². The Morgan fingerprint density at radius 1 is 1.47 bits per heavy atom. The summed E-state index contributed by atoms with van der Waals surface area (Å²) in [5, 5.41) is 10.1. The fraction of sp³-hybridized carbons (Fsp3) is 0.733. The monoisotopic (exact) mass is 238 g/mol. The standard InChI is InChI=1S/C15H26O2/c1-6-14(4)11-9-13(16)15(5,17-14)10-7-8-12(2)3/h6,8,13,16H,1,7,9-11H2,2-5H3/t13-,14+,15+/m1/s1. The molecule has 0 radical (unpaired) electrons. The minimum atomic E-state index is -0.451. The second-order valence-corrected chi connectivity index (χ2v) is 5.81. The maximum Gasteiger partial charge on any atom is 0.0926 e. The summed E-state index contributed by atoms with van der Waals surface area (Å²) in [6.07, 6.45) is 7.11. The van der Waals surface area contributed by atoms with Gasteiger partial charge in [0.2, 0.25) is 0 Å². The van der Waals surface area contributed by atoms with E-state index in [-0.39, 0.29) is 11.7 Å². The van der Waals surface area contributed by atoms with Gasteiger partial charge in [-0.3, -0.25) is 0 Å². The summed E-state index contributed by atoms with van der Waals surface area (Å²) in [4.78, 5) is 0. The van der Waals surface area contributed by atoms with Gasteiger partial charge in [-0.2, -0.15) is 0 Å². The summed E-state index contributed by atoms with van der Waals surface area (Å²) in [7, 11) is 0. The number of ether oxygens (including phenoxy) is 1. The third kappa shape index (κ3) is 3.68. The van der Waals surface area contributed by atoms with Crippen LogP contribution < -0.4 is 0 Å². The van der Waals surface area contributed by atoms with Crippen molar-refractivity contribution in [1.29, 1.82) is 0 Å². The van der Waals surface area contributed by atoms with E-state index in [4.69, 9.17) is 4.74 Å². The summed E-state index contributed by atoms with van der Waals surface area (Å²) < 4.78 is 6.11. The SMILES string of the molecule is C=C[C@@]1(C)CC[C@@H](O)[C@](C)(CCC=C(C)C)O1. The Hall–Kier alpha value is -0.600. The zero-order valence-electron chi connectivity index (χ0n) is 11.6. The van der Waals surface area contributed by atoms with Crippen LogP contribution in [0, 0.1) is 0 Å². The molecule has 0 amide bonds. The molecule has 1 N–H and O–H groups in total. The predicted octanol–water partition coefficient (Wildman–Crippen LogP) is 3.61. The maximum atomic E-state index is 10.1. The van der Waals surface area contributed by atoms with Gasteiger partial charge in [0, 0.05) is 0 Å². The molecule has 0 saturated carbocycles. The number of hydrogen-bond donors (Lipinski definition) is 1. The van der Waals surface area contributed by atoms with Gasteiger partial charge in [-0.1, -0.05) is 17.7 Å². The normalized spacial score (nSPS) is 37.6. The first kappa shape index (κ1) is 14.5. The van der Waals surface area contributed by atoms with Crippen LogP contribution in [0.3, 0.4) is 0 Å². The minimum Gasteiger partial charge on any atom is -0.390 e. The molecule has 1 saturated heterocycles. The molecule has 3 atom stereocenters. The minimum absolute atomic E-state index is 0.293. The molecular weight excluding hydrogens is 212 g/mol. The predicted molar refractivity (Wildman–Crippen MR) is 72.0 cm³/mol. The van der Waals surface area contributed by atoms with Crippen molar-refractivity contribution in [3.63, 3.8) is 0 Å². The van der Waals surface area contributed by atoms with E-state index in [1.54, 1.807) is 0 Å². The highest BCUT2D eigenvalue weighted by Crippen LogP contribution is 2.38. The maximum absolute atomic E-state index is 10.1. The Morgan fingerprint density at radius 2 is 2.12 bits per heavy atom. The Labute approximate surface area is 105 Å². The van der Waals surface area contributed by atoms with E-state index in [0.29, 0.717) is 0 Å². The van der Waals surface area contributed by atoms with Gasteiger partial charge in [-0.25, -0.2) is 0 Å². The largest absolute Gasteiger partial charge is 0.390 e. The van der Waals surface area contributed by atoms with Gasteiger partial charge in [0.05, 0.1) is 17.3 Å². The van der Waals surface area contributed by atoms with Crippen LogP contribution in [0.4, 0.5) is 0 Å². The number of rotatable bonds is 4. The first-order valence-corrected chi connectivity index (χ1v) is 6.46. The third-order valence-electron chi connectivity index (χ3n) is 3.71. The molecule has 1 aliphatic heterocycles. The van der Waals surface area contributed by atoms with Gasteiger partial charge in [0.25, 0.3) is 0 Å². The molecule has 1 heterocycles. The fourth-order valence-corrected chi connectivity index (χ4v) is 2.39. The number of aliphatic hydroxyl groups is 1. The van der Waals surface area contributed by atoms with Crippen LogP contribution in [-0.2, 0) is 4.74 Å². The third-order valence-corrected chi connectivity index (χ3v) is 3.71. The molecule has 2 nitrogen and oxygen atoms in total. The molecule has 0 aromatic rings. The van der Waals surface area contributed by atoms with Crippen molar-refractivity contribution in [1.82, 2.24) is 0 Å². The van der Waals surface area contributed by atoms with Crippen molar-refractivity contribution in [3.05, 3.63) is 24.3 Å². The topological polar surface area (TPSA) is 29.5 Å². The lowest BCUT2D eigenvalue weighted by molar-refractivity contribution is -0.207. The second kappa shape index (κ2) is 5.36. The number of hydrogen-bond acceptors (Lipinski definition) is 2. The zero-order chi connectivity index (χ0) is 13.1. The molecule has 1 rings (SSSR count). The van der Waals surface area contributed by atoms with Crippen molar-refractivity contribution < 1.29 is 9.84 Å². The van der Waals surface area contributed by atoms with Crippen molar-refractivity contribution in [2.45, 2.75) is 70.7 Å². The molecule has 17 heavy (non-hydrogen) atoms. The van der Waals surface area contributed by atoms with Gasteiger partial charge in [-0.15, -0.1) is 6.58 Å². The van der Waals surface area contributed by atoms with E-state index in [9.17, 15) is 5.11 Å². The van der Waals surface area contributed by atoms with Crippen molar-refractivity contribution in [2.24, 2.45) is 0 Å². The summed E-state index contributed by atoms with van der Waals surface area (Å²) in [5.41, 5.74) is 0.567. The smallest absolute Gasteiger partial charge is 0.0926 e. The van der Waals surface area contributed by atoms with Crippen LogP contribution in [0.5, 0.6) is 0 Å². The Balaban J connectivity index is 2.70. The van der Waals surface area contributed by atoms with Gasteiger partial charge in [0.15, 0.2) is 0 Å². The molecule has 1 fully saturated rings. The van der Waals surface area contributed by atoms with Crippen LogP contribution in [0.1, 0.15) is 53.4 Å². The zero-order valence-corrected chi connectivity index (χ0v) is 11.6. The molecule has 0 aliphatic carbocycles. The summed E-state index contributed by atoms with van der Waals surface area (Å²) in [6, 6.07) is 0. The highest BCUT2D eigenvalue weighted by Gasteiger charge is 2.43. The second-order valence-electron chi connectivity index (χ2n) is 5.81. The first-order valence-electron chi connectivity index (χ1n) is 6.46. The van der Waals surface area contributed by atoms with E-state index < -0.39 is 5.60 Å². The molecule has 0 unspecified atom stereocenters.